The van der Waals surface area contributed by atoms with Crippen LogP contribution >= 0.6 is 24.2 Å². The highest BCUT2D eigenvalue weighted by Crippen LogP contribution is 2.40. The number of hydrogen-bond acceptors (Lipinski definition) is 7. The highest BCUT2D eigenvalue weighted by Gasteiger charge is 2.37. The molecule has 266 valence electrons. The van der Waals surface area contributed by atoms with E-state index < -0.39 is 47.4 Å². The molecule has 3 aromatic rings. The first-order valence-corrected chi connectivity index (χ1v) is 15.3. The van der Waals surface area contributed by atoms with Crippen LogP contribution in [-0.4, -0.2) is 49.9 Å². The molecule has 0 aliphatic heterocycles. The van der Waals surface area contributed by atoms with Crippen LogP contribution in [0.2, 0.25) is 0 Å². The van der Waals surface area contributed by atoms with Gasteiger partial charge in [-0.2, -0.15) is 44.3 Å². The van der Waals surface area contributed by atoms with Crippen molar-refractivity contribution >= 4 is 41.8 Å². The van der Waals surface area contributed by atoms with Gasteiger partial charge in [-0.05, 0) is 103 Å². The van der Waals surface area contributed by atoms with Crippen molar-refractivity contribution in [1.29, 1.82) is 0 Å². The molecular formula is C29H32ClF9N6O2S. The Bertz CT molecular complexity index is 1510. The molecule has 0 saturated heterocycles. The summed E-state index contributed by atoms with van der Waals surface area (Å²) in [5.41, 5.74) is -7.28. The molecule has 1 aliphatic carbocycles. The fraction of sp³-hybridized carbons (Fsp3) is 0.517. The van der Waals surface area contributed by atoms with Crippen LogP contribution < -0.4 is 9.80 Å². The zero-order chi connectivity index (χ0) is 34.7. The minimum absolute atomic E-state index is 0. The summed E-state index contributed by atoms with van der Waals surface area (Å²) in [6.45, 7) is 1.82. The molecule has 1 N–H and O–H groups in total. The normalized spacial score (nSPS) is 17.1. The Morgan fingerprint density at radius 3 is 2.00 bits per heavy atom. The van der Waals surface area contributed by atoms with Crippen molar-refractivity contribution in [1.82, 2.24) is 20.2 Å². The Morgan fingerprint density at radius 1 is 0.917 bits per heavy atom. The lowest BCUT2D eigenvalue weighted by Gasteiger charge is -2.34. The number of nitrogens with zero attached hydrogens (tertiary/aromatic N) is 6. The van der Waals surface area contributed by atoms with Crippen LogP contribution in [0.25, 0.3) is 0 Å². The van der Waals surface area contributed by atoms with Crippen LogP contribution in [0.5, 0.6) is 0 Å². The lowest BCUT2D eigenvalue weighted by Crippen LogP contribution is -2.34. The second-order valence-electron chi connectivity index (χ2n) is 11.3. The van der Waals surface area contributed by atoms with Crippen LogP contribution in [0.15, 0.2) is 41.3 Å². The zero-order valence-corrected chi connectivity index (χ0v) is 27.2. The molecule has 48 heavy (non-hydrogen) atoms. The molecule has 0 radical (unpaired) electrons. The summed E-state index contributed by atoms with van der Waals surface area (Å²) in [5, 5.41) is 21.0. The Kier molecular flexibility index (Phi) is 12.5. The minimum atomic E-state index is -5.09. The number of rotatable bonds is 11. The van der Waals surface area contributed by atoms with Gasteiger partial charge in [0.25, 0.3) is 5.95 Å². The van der Waals surface area contributed by atoms with Crippen LogP contribution in [0.1, 0.15) is 54.9 Å². The van der Waals surface area contributed by atoms with Gasteiger partial charge in [0, 0.05) is 36.8 Å². The third-order valence-electron chi connectivity index (χ3n) is 7.84. The number of anilines is 2. The smallest absolute Gasteiger partial charge is 0.446 e. The Labute approximate surface area is 280 Å². The summed E-state index contributed by atoms with van der Waals surface area (Å²) in [6, 6.07) is 5.20. The molecule has 0 spiro atoms. The van der Waals surface area contributed by atoms with Crippen LogP contribution in [-0.2, 0) is 37.3 Å². The highest BCUT2D eigenvalue weighted by molar-refractivity contribution is 8.00. The monoisotopic (exact) mass is 734 g/mol. The number of carboxylic acids is 1. The van der Waals surface area contributed by atoms with Crippen molar-refractivity contribution in [2.24, 2.45) is 18.9 Å². The largest absolute Gasteiger partial charge is 0.481 e. The predicted molar refractivity (Wildman–Crippen MR) is 162 cm³/mol. The van der Waals surface area contributed by atoms with E-state index >= 15 is 0 Å². The Morgan fingerprint density at radius 2 is 1.52 bits per heavy atom. The maximum atomic E-state index is 13.6. The Hall–Kier alpha value is -3.41. The van der Waals surface area contributed by atoms with Gasteiger partial charge in [-0.3, -0.25) is 4.79 Å². The van der Waals surface area contributed by atoms with Crippen LogP contribution in [0.3, 0.4) is 0 Å². The SMILES string of the molecule is CCN(CC1CCC(C(=O)O)CC1)c1ccc(SC(F)(F)F)cc1CN(Cc1cc(C(F)(F)F)cc(C(F)(F)F)c1)c1nnn(C)n1.Cl. The number of halogens is 10. The number of alkyl halides is 9. The van der Waals surface area contributed by atoms with E-state index in [-0.39, 0.29) is 64.7 Å². The minimum Gasteiger partial charge on any atom is -0.481 e. The van der Waals surface area contributed by atoms with Gasteiger partial charge in [-0.25, -0.2) is 0 Å². The topological polar surface area (TPSA) is 87.4 Å². The number of aryl methyl sites for hydroxylation is 1. The summed E-state index contributed by atoms with van der Waals surface area (Å²) in [5.74, 6) is -1.39. The van der Waals surface area contributed by atoms with Gasteiger partial charge >= 0.3 is 23.8 Å². The molecule has 0 atom stereocenters. The quantitative estimate of drug-likeness (QED) is 0.156. The van der Waals surface area contributed by atoms with E-state index in [1.54, 1.807) is 0 Å². The van der Waals surface area contributed by atoms with Crippen LogP contribution in [0.4, 0.5) is 51.1 Å². The number of hydrogen-bond donors (Lipinski definition) is 1. The van der Waals surface area contributed by atoms with E-state index in [0.29, 0.717) is 56.6 Å². The van der Waals surface area contributed by atoms with Crippen molar-refractivity contribution in [3.8, 4) is 0 Å². The fourth-order valence-electron chi connectivity index (χ4n) is 5.63. The van der Waals surface area contributed by atoms with Gasteiger partial charge in [0.05, 0.1) is 24.1 Å². The molecule has 1 aliphatic rings. The number of aromatic nitrogens is 4. The number of carboxylic acid groups (broad SMARTS) is 1. The van der Waals surface area contributed by atoms with Crippen molar-refractivity contribution in [3.05, 3.63) is 58.7 Å². The van der Waals surface area contributed by atoms with Gasteiger partial charge in [-0.15, -0.1) is 17.5 Å². The summed E-state index contributed by atoms with van der Waals surface area (Å²) in [4.78, 5) is 15.4. The second kappa shape index (κ2) is 15.4. The van der Waals surface area contributed by atoms with E-state index in [2.05, 4.69) is 15.4 Å². The van der Waals surface area contributed by atoms with Crippen molar-refractivity contribution < 1.29 is 49.4 Å². The molecule has 2 aromatic carbocycles. The van der Waals surface area contributed by atoms with Gasteiger partial charge < -0.3 is 14.9 Å². The number of carbonyl (C=O) groups is 1. The first-order chi connectivity index (χ1) is 21.8. The summed E-state index contributed by atoms with van der Waals surface area (Å²) < 4.78 is 122. The number of thioether (sulfide) groups is 1. The molecule has 0 unspecified atom stereocenters. The van der Waals surface area contributed by atoms with E-state index in [4.69, 9.17) is 0 Å². The fourth-order valence-corrected chi connectivity index (χ4v) is 6.23. The van der Waals surface area contributed by atoms with Gasteiger partial charge in [-0.1, -0.05) is 5.10 Å². The summed E-state index contributed by atoms with van der Waals surface area (Å²) in [6.07, 6.45) is -7.97. The maximum Gasteiger partial charge on any atom is 0.446 e. The Balaban J connectivity index is 0.00000625. The summed E-state index contributed by atoms with van der Waals surface area (Å²) in [7, 11) is 1.39. The number of tetrazole rings is 1. The average molecular weight is 735 g/mol. The van der Waals surface area contributed by atoms with Gasteiger partial charge in [0.1, 0.15) is 0 Å². The van der Waals surface area contributed by atoms with E-state index in [9.17, 15) is 49.4 Å². The number of aliphatic carboxylic acids is 1. The lowest BCUT2D eigenvalue weighted by molar-refractivity contribution is -0.144. The molecule has 1 heterocycles. The molecular weight excluding hydrogens is 703 g/mol. The van der Waals surface area contributed by atoms with Crippen LogP contribution in [0, 0.1) is 11.8 Å². The first-order valence-electron chi connectivity index (χ1n) is 14.5. The molecule has 4 rings (SSSR count). The molecule has 0 amide bonds. The molecule has 1 saturated carbocycles. The predicted octanol–water partition coefficient (Wildman–Crippen LogP) is 8.21. The van der Waals surface area contributed by atoms with Gasteiger partial charge in [0.2, 0.25) is 0 Å². The molecule has 1 fully saturated rings. The molecule has 8 nitrogen and oxygen atoms in total. The molecule has 0 bridgehead atoms. The van der Waals surface area contributed by atoms with Crippen molar-refractivity contribution in [3.63, 3.8) is 0 Å². The number of benzene rings is 2. The van der Waals surface area contributed by atoms with Gasteiger partial charge in [0.15, 0.2) is 0 Å². The third kappa shape index (κ3) is 10.5. The van der Waals surface area contributed by atoms with Crippen molar-refractivity contribution in [2.45, 2.75) is 68.5 Å². The van der Waals surface area contributed by atoms with E-state index in [1.165, 1.54) is 30.1 Å². The highest BCUT2D eigenvalue weighted by atomic mass is 35.5. The molecule has 19 heteroatoms. The summed E-state index contributed by atoms with van der Waals surface area (Å²) >= 11 is -0.368. The molecule has 1 aromatic heterocycles. The zero-order valence-electron chi connectivity index (χ0n) is 25.5. The second-order valence-corrected chi connectivity index (χ2v) is 12.4. The maximum absolute atomic E-state index is 13.6. The first kappa shape index (κ1) is 39.0. The van der Waals surface area contributed by atoms with E-state index in [1.807, 2.05) is 11.8 Å². The van der Waals surface area contributed by atoms with E-state index in [0.717, 1.165) is 4.80 Å². The van der Waals surface area contributed by atoms with Crippen molar-refractivity contribution in [2.75, 3.05) is 22.9 Å². The lowest BCUT2D eigenvalue weighted by atomic mass is 9.81. The standard InChI is InChI=1S/C29H31F9N6O2S.ClH/c1-3-43(14-17-4-6-19(7-5-17)25(45)46)24-9-8-23(47-29(36,37)38)12-20(24)16-44(26-39-41-42(2)40-26)15-18-10-21(27(30,31)32)13-22(11-18)28(33,34)35;/h8-13,17,19H,3-7,14-16H2,1-2H3,(H,45,46);1H. The average Bonchev–Trinajstić information content (AvgIpc) is 3.40. The third-order valence-corrected chi connectivity index (χ3v) is 8.57.